The fourth-order valence-electron chi connectivity index (χ4n) is 5.21. The molecule has 1 saturated heterocycles. The normalized spacial score (nSPS) is 22.5. The number of nitrogens with one attached hydrogen (secondary N) is 2. The molecule has 0 saturated carbocycles. The number of H-pyrrole nitrogens is 1. The molecule has 3 heterocycles. The highest BCUT2D eigenvalue weighted by atomic mass is 16.1. The first-order chi connectivity index (χ1) is 15.5. The number of para-hydroxylation sites is 1. The molecule has 164 valence electrons. The Balaban J connectivity index is 1.62. The average molecular weight is 431 g/mol. The van der Waals surface area contributed by atoms with Crippen molar-refractivity contribution in [3.05, 3.63) is 59.9 Å². The number of ketones is 1. The van der Waals surface area contributed by atoms with E-state index < -0.39 is 0 Å². The number of hydrogen-bond acceptors (Lipinski definition) is 4. The van der Waals surface area contributed by atoms with Crippen LogP contribution in [-0.4, -0.2) is 41.3 Å². The molecule has 1 aliphatic heterocycles. The monoisotopic (exact) mass is 430 g/mol. The number of pyridine rings is 1. The van der Waals surface area contributed by atoms with Crippen LogP contribution in [0.2, 0.25) is 0 Å². The van der Waals surface area contributed by atoms with E-state index in [9.17, 15) is 9.59 Å². The van der Waals surface area contributed by atoms with Crippen LogP contribution in [0.3, 0.4) is 0 Å². The Morgan fingerprint density at radius 3 is 2.78 bits per heavy atom. The van der Waals surface area contributed by atoms with Gasteiger partial charge in [-0.05, 0) is 31.0 Å². The fourth-order valence-corrected chi connectivity index (χ4v) is 5.21. The van der Waals surface area contributed by atoms with E-state index >= 15 is 0 Å². The van der Waals surface area contributed by atoms with Crippen LogP contribution in [0.15, 0.2) is 48.7 Å². The van der Waals surface area contributed by atoms with Crippen LogP contribution in [0.25, 0.3) is 11.3 Å². The number of aryl methyl sites for hydroxylation is 1. The van der Waals surface area contributed by atoms with Crippen molar-refractivity contribution >= 4 is 28.9 Å². The third-order valence-corrected chi connectivity index (χ3v) is 6.90. The topological polar surface area (TPSA) is 101 Å². The van der Waals surface area contributed by atoms with E-state index in [1.165, 1.54) is 0 Å². The lowest BCUT2D eigenvalue weighted by atomic mass is 9.95. The number of carbonyl (C=O) groups is 2. The Kier molecular flexibility index (Phi) is 5.06. The SMILES string of the molecule is C[N+]1(c2cc(-c3[nH]c4c(c3Nc3ccccc3)C(=O)CCC4)ccn2)CCC[C@@H]1C(N)=O. The fraction of sp³-hybridized carbons (Fsp3) is 0.320. The minimum atomic E-state index is -0.287. The maximum atomic E-state index is 12.9. The minimum absolute atomic E-state index is 0.161. The number of quaternary nitrogens is 1. The van der Waals surface area contributed by atoms with Gasteiger partial charge in [0.25, 0.3) is 5.91 Å². The second-order valence-corrected chi connectivity index (χ2v) is 8.95. The van der Waals surface area contributed by atoms with E-state index in [1.54, 1.807) is 6.20 Å². The summed E-state index contributed by atoms with van der Waals surface area (Å²) in [7, 11) is 2.03. The molecule has 0 spiro atoms. The Hall–Kier alpha value is -3.45. The van der Waals surface area contributed by atoms with Gasteiger partial charge in [0, 0.05) is 48.5 Å². The zero-order valence-electron chi connectivity index (χ0n) is 18.2. The van der Waals surface area contributed by atoms with Gasteiger partial charge < -0.3 is 16.0 Å². The third kappa shape index (κ3) is 3.39. The Morgan fingerprint density at radius 1 is 1.19 bits per heavy atom. The average Bonchev–Trinajstić information content (AvgIpc) is 3.37. The highest BCUT2D eigenvalue weighted by Gasteiger charge is 2.44. The molecule has 4 N–H and O–H groups in total. The smallest absolute Gasteiger partial charge is 0.276 e. The number of likely N-dealkylation sites (N-methyl/N-ethyl adjacent to an activating group) is 1. The first-order valence-electron chi connectivity index (χ1n) is 11.2. The number of rotatable bonds is 5. The number of aromatic amines is 1. The number of fused-ring (bicyclic) bond motifs is 1. The van der Waals surface area contributed by atoms with Crippen LogP contribution in [0.5, 0.6) is 0 Å². The van der Waals surface area contributed by atoms with Crippen LogP contribution in [0.4, 0.5) is 17.2 Å². The van der Waals surface area contributed by atoms with Gasteiger partial charge in [0.05, 0.1) is 30.5 Å². The number of likely N-dealkylation sites (tertiary alicyclic amines) is 1. The van der Waals surface area contributed by atoms with Crippen LogP contribution >= 0.6 is 0 Å². The van der Waals surface area contributed by atoms with Crippen LogP contribution < -0.4 is 15.5 Å². The maximum Gasteiger partial charge on any atom is 0.276 e. The highest BCUT2D eigenvalue weighted by Crippen LogP contribution is 2.40. The summed E-state index contributed by atoms with van der Waals surface area (Å²) in [6, 6.07) is 13.6. The van der Waals surface area contributed by atoms with Crippen molar-refractivity contribution in [3.63, 3.8) is 0 Å². The van der Waals surface area contributed by atoms with E-state index in [2.05, 4.69) is 15.3 Å². The number of hydrogen-bond donors (Lipinski definition) is 3. The molecule has 0 bridgehead atoms. The van der Waals surface area contributed by atoms with E-state index in [-0.39, 0.29) is 17.7 Å². The standard InChI is InChI=1S/C25H27N5O2/c1-30(14-6-10-19(30)25(26)32)21-15-16(12-13-27-21)23-24(28-17-7-3-2-4-8-17)22-18(29-23)9-5-11-20(22)31/h2-4,7-8,12-13,15,19H,5-6,9-11,14H2,1H3,(H3-,26,27,28,29,31,32)/p+1/t19-,30?/m1/s1. The zero-order valence-corrected chi connectivity index (χ0v) is 18.2. The first kappa shape index (κ1) is 20.5. The summed E-state index contributed by atoms with van der Waals surface area (Å²) in [4.78, 5) is 33.1. The van der Waals surface area contributed by atoms with Crippen molar-refractivity contribution in [2.24, 2.45) is 5.73 Å². The summed E-state index contributed by atoms with van der Waals surface area (Å²) < 4.78 is 0.407. The number of aromatic nitrogens is 2. The van der Waals surface area contributed by atoms with Crippen molar-refractivity contribution in [1.29, 1.82) is 0 Å². The lowest BCUT2D eigenvalue weighted by molar-refractivity contribution is -0.121. The van der Waals surface area contributed by atoms with Crippen molar-refractivity contribution < 1.29 is 9.59 Å². The molecule has 3 aromatic rings. The number of nitrogens with zero attached hydrogens (tertiary/aromatic N) is 2. The summed E-state index contributed by atoms with van der Waals surface area (Å²) in [5.74, 6) is 0.687. The molecule has 1 fully saturated rings. The molecule has 1 unspecified atom stereocenters. The summed E-state index contributed by atoms with van der Waals surface area (Å²) in [6.07, 6.45) is 5.74. The third-order valence-electron chi connectivity index (χ3n) is 6.90. The van der Waals surface area contributed by atoms with Crippen molar-refractivity contribution in [2.75, 3.05) is 18.9 Å². The molecule has 1 amide bonds. The van der Waals surface area contributed by atoms with E-state index in [0.717, 1.165) is 71.9 Å². The molecule has 1 aromatic carbocycles. The van der Waals surface area contributed by atoms with Gasteiger partial charge >= 0.3 is 0 Å². The molecule has 7 nitrogen and oxygen atoms in total. The lowest BCUT2D eigenvalue weighted by Crippen LogP contribution is -2.55. The number of Topliss-reactive ketones (excluding diaryl/α,β-unsaturated/α-hetero) is 1. The molecular formula is C25H28N5O2+. The number of nitrogens with two attached hydrogens (primary N) is 1. The predicted molar refractivity (Wildman–Crippen MR) is 126 cm³/mol. The largest absolute Gasteiger partial charge is 0.364 e. The summed E-state index contributed by atoms with van der Waals surface area (Å²) in [6.45, 7) is 0.818. The van der Waals surface area contributed by atoms with Gasteiger partial charge in [0.1, 0.15) is 0 Å². The number of primary amides is 1. The van der Waals surface area contributed by atoms with Crippen molar-refractivity contribution in [1.82, 2.24) is 14.5 Å². The molecule has 2 aromatic heterocycles. The molecule has 0 radical (unpaired) electrons. The predicted octanol–water partition coefficient (Wildman–Crippen LogP) is 3.92. The first-order valence-corrected chi connectivity index (χ1v) is 11.2. The van der Waals surface area contributed by atoms with E-state index in [0.29, 0.717) is 10.9 Å². The molecule has 1 aliphatic carbocycles. The number of anilines is 2. The van der Waals surface area contributed by atoms with E-state index in [4.69, 9.17) is 5.73 Å². The molecule has 7 heteroatoms. The van der Waals surface area contributed by atoms with E-state index in [1.807, 2.05) is 49.5 Å². The molecular weight excluding hydrogens is 402 g/mol. The summed E-state index contributed by atoms with van der Waals surface area (Å²) >= 11 is 0. The quantitative estimate of drug-likeness (QED) is 0.534. The maximum absolute atomic E-state index is 12.9. The van der Waals surface area contributed by atoms with Crippen molar-refractivity contribution in [3.8, 4) is 11.3 Å². The van der Waals surface area contributed by atoms with Gasteiger partial charge in [-0.25, -0.2) is 4.98 Å². The van der Waals surface area contributed by atoms with Gasteiger partial charge in [-0.2, -0.15) is 0 Å². The summed E-state index contributed by atoms with van der Waals surface area (Å²) in [5.41, 5.74) is 11.0. The number of benzene rings is 1. The molecule has 2 aliphatic rings. The second-order valence-electron chi connectivity index (χ2n) is 8.95. The number of carbonyl (C=O) groups excluding carboxylic acids is 2. The molecule has 2 atom stereocenters. The van der Waals surface area contributed by atoms with Crippen LogP contribution in [0, 0.1) is 0 Å². The van der Waals surface area contributed by atoms with Crippen LogP contribution in [-0.2, 0) is 11.2 Å². The molecule has 5 rings (SSSR count). The van der Waals surface area contributed by atoms with Gasteiger partial charge in [-0.3, -0.25) is 14.1 Å². The van der Waals surface area contributed by atoms with Gasteiger partial charge in [0.2, 0.25) is 5.82 Å². The number of amides is 1. The van der Waals surface area contributed by atoms with Gasteiger partial charge in [-0.1, -0.05) is 18.2 Å². The Bertz CT molecular complexity index is 1190. The van der Waals surface area contributed by atoms with Gasteiger partial charge in [0.15, 0.2) is 11.8 Å². The molecule has 32 heavy (non-hydrogen) atoms. The second kappa shape index (κ2) is 7.91. The van der Waals surface area contributed by atoms with Gasteiger partial charge in [-0.15, -0.1) is 0 Å². The zero-order chi connectivity index (χ0) is 22.3. The Morgan fingerprint density at radius 2 is 2.00 bits per heavy atom. The minimum Gasteiger partial charge on any atom is -0.364 e. The lowest BCUT2D eigenvalue weighted by Gasteiger charge is -2.32. The Labute approximate surface area is 187 Å². The van der Waals surface area contributed by atoms with Crippen LogP contribution in [0.1, 0.15) is 41.7 Å². The summed E-state index contributed by atoms with van der Waals surface area (Å²) in [5, 5.41) is 3.48. The highest BCUT2D eigenvalue weighted by molar-refractivity contribution is 6.07. The van der Waals surface area contributed by atoms with Crippen molar-refractivity contribution in [2.45, 2.75) is 38.1 Å².